The largest absolute Gasteiger partial charge is 0.444 e. The van der Waals surface area contributed by atoms with Crippen LogP contribution in [-0.2, 0) is 11.8 Å². The first kappa shape index (κ1) is 16.9. The SMILES string of the molecule is C[C@H](NC(=O)OC(C)(C)C)c1ccc(-c2c(F)cnn2C)nc1. The third kappa shape index (κ3) is 4.28. The molecule has 0 aliphatic rings. The van der Waals surface area contributed by atoms with Gasteiger partial charge in [-0.2, -0.15) is 5.10 Å². The first-order valence-electron chi connectivity index (χ1n) is 7.30. The van der Waals surface area contributed by atoms with Crippen LogP contribution >= 0.6 is 0 Å². The summed E-state index contributed by atoms with van der Waals surface area (Å²) in [5.74, 6) is -0.423. The molecule has 0 unspecified atom stereocenters. The zero-order chi connectivity index (χ0) is 17.2. The molecule has 0 aliphatic carbocycles. The van der Waals surface area contributed by atoms with Gasteiger partial charge in [-0.3, -0.25) is 9.67 Å². The Morgan fingerprint density at radius 1 is 1.35 bits per heavy atom. The number of pyridine rings is 1. The Bertz CT molecular complexity index is 670. The van der Waals surface area contributed by atoms with Crippen molar-refractivity contribution in [1.82, 2.24) is 20.1 Å². The molecule has 0 saturated heterocycles. The maximum atomic E-state index is 13.7. The summed E-state index contributed by atoms with van der Waals surface area (Å²) in [7, 11) is 1.65. The summed E-state index contributed by atoms with van der Waals surface area (Å²) in [6.45, 7) is 7.23. The number of carbonyl (C=O) groups excluding carboxylic acids is 1. The summed E-state index contributed by atoms with van der Waals surface area (Å²) in [4.78, 5) is 16.0. The van der Waals surface area contributed by atoms with Crippen LogP contribution in [0.15, 0.2) is 24.5 Å². The highest BCUT2D eigenvalue weighted by atomic mass is 19.1. The van der Waals surface area contributed by atoms with Gasteiger partial charge in [0.2, 0.25) is 0 Å². The molecule has 0 spiro atoms. The van der Waals surface area contributed by atoms with E-state index in [0.29, 0.717) is 11.4 Å². The maximum Gasteiger partial charge on any atom is 0.408 e. The third-order valence-electron chi connectivity index (χ3n) is 3.16. The summed E-state index contributed by atoms with van der Waals surface area (Å²) in [6.07, 6.45) is 2.26. The molecule has 0 saturated carbocycles. The molecule has 0 radical (unpaired) electrons. The summed E-state index contributed by atoms with van der Waals surface area (Å²) in [5, 5.41) is 6.59. The molecule has 1 atom stereocenters. The number of rotatable bonds is 3. The Balaban J connectivity index is 2.09. The zero-order valence-corrected chi connectivity index (χ0v) is 13.9. The van der Waals surface area contributed by atoms with Gasteiger partial charge in [0.1, 0.15) is 11.3 Å². The minimum absolute atomic E-state index is 0.275. The van der Waals surface area contributed by atoms with Gasteiger partial charge in [-0.05, 0) is 39.3 Å². The fraction of sp³-hybridized carbons (Fsp3) is 0.438. The number of aryl methyl sites for hydroxylation is 1. The van der Waals surface area contributed by atoms with Gasteiger partial charge in [-0.25, -0.2) is 9.18 Å². The summed E-state index contributed by atoms with van der Waals surface area (Å²) < 4.78 is 20.3. The highest BCUT2D eigenvalue weighted by molar-refractivity contribution is 5.68. The number of ether oxygens (including phenoxy) is 1. The van der Waals surface area contributed by atoms with E-state index >= 15 is 0 Å². The molecule has 23 heavy (non-hydrogen) atoms. The number of hydrogen-bond donors (Lipinski definition) is 1. The molecule has 0 bridgehead atoms. The van der Waals surface area contributed by atoms with Crippen molar-refractivity contribution in [2.75, 3.05) is 0 Å². The number of hydrogen-bond acceptors (Lipinski definition) is 4. The standard InChI is InChI=1S/C16H21FN4O2/c1-10(20-15(22)23-16(2,3)4)11-6-7-13(18-8-11)14-12(17)9-19-21(14)5/h6-10H,1-5H3,(H,20,22)/t10-/m0/s1. The molecule has 0 aliphatic heterocycles. The molecule has 1 N–H and O–H groups in total. The topological polar surface area (TPSA) is 69.0 Å². The molecule has 124 valence electrons. The molecule has 1 amide bonds. The van der Waals surface area contributed by atoms with E-state index in [1.165, 1.54) is 4.68 Å². The number of halogens is 1. The quantitative estimate of drug-likeness (QED) is 0.943. The Morgan fingerprint density at radius 2 is 2.04 bits per heavy atom. The van der Waals surface area contributed by atoms with Crippen LogP contribution < -0.4 is 5.32 Å². The lowest BCUT2D eigenvalue weighted by Gasteiger charge is -2.22. The van der Waals surface area contributed by atoms with Gasteiger partial charge in [0.05, 0.1) is 17.9 Å². The minimum Gasteiger partial charge on any atom is -0.444 e. The van der Waals surface area contributed by atoms with Crippen LogP contribution in [0.2, 0.25) is 0 Å². The second-order valence-corrected chi connectivity index (χ2v) is 6.31. The van der Waals surface area contributed by atoms with E-state index in [-0.39, 0.29) is 6.04 Å². The minimum atomic E-state index is -0.553. The van der Waals surface area contributed by atoms with Crippen molar-refractivity contribution < 1.29 is 13.9 Å². The highest BCUT2D eigenvalue weighted by Gasteiger charge is 2.19. The van der Waals surface area contributed by atoms with Gasteiger partial charge in [0.25, 0.3) is 0 Å². The van der Waals surface area contributed by atoms with Crippen LogP contribution in [0.3, 0.4) is 0 Å². The van der Waals surface area contributed by atoms with Gasteiger partial charge >= 0.3 is 6.09 Å². The van der Waals surface area contributed by atoms with Crippen LogP contribution in [0.4, 0.5) is 9.18 Å². The maximum absolute atomic E-state index is 13.7. The van der Waals surface area contributed by atoms with E-state index < -0.39 is 17.5 Å². The van der Waals surface area contributed by atoms with Crippen molar-refractivity contribution in [3.63, 3.8) is 0 Å². The average Bonchev–Trinajstić information content (AvgIpc) is 2.76. The number of nitrogens with zero attached hydrogens (tertiary/aromatic N) is 3. The van der Waals surface area contributed by atoms with E-state index in [4.69, 9.17) is 4.74 Å². The van der Waals surface area contributed by atoms with E-state index in [0.717, 1.165) is 11.8 Å². The Labute approximate surface area is 134 Å². The van der Waals surface area contributed by atoms with Crippen molar-refractivity contribution >= 4 is 6.09 Å². The molecular formula is C16H21FN4O2. The summed E-state index contributed by atoms with van der Waals surface area (Å²) >= 11 is 0. The molecule has 2 heterocycles. The van der Waals surface area contributed by atoms with Crippen molar-refractivity contribution in [3.05, 3.63) is 35.9 Å². The molecule has 2 aromatic heterocycles. The Kier molecular flexibility index (Phi) is 4.68. The van der Waals surface area contributed by atoms with Crippen molar-refractivity contribution in [2.45, 2.75) is 39.3 Å². The first-order valence-corrected chi connectivity index (χ1v) is 7.30. The molecule has 2 aromatic rings. The second-order valence-electron chi connectivity index (χ2n) is 6.31. The van der Waals surface area contributed by atoms with Crippen molar-refractivity contribution in [2.24, 2.45) is 7.05 Å². The smallest absolute Gasteiger partial charge is 0.408 e. The van der Waals surface area contributed by atoms with Gasteiger partial charge in [-0.15, -0.1) is 0 Å². The van der Waals surface area contributed by atoms with Crippen molar-refractivity contribution in [3.8, 4) is 11.4 Å². The Morgan fingerprint density at radius 3 is 2.52 bits per heavy atom. The van der Waals surface area contributed by atoms with Crippen LogP contribution in [0.25, 0.3) is 11.4 Å². The molecular weight excluding hydrogens is 299 g/mol. The number of amides is 1. The van der Waals surface area contributed by atoms with Gasteiger partial charge < -0.3 is 10.1 Å². The van der Waals surface area contributed by atoms with E-state index in [2.05, 4.69) is 15.4 Å². The zero-order valence-electron chi connectivity index (χ0n) is 13.9. The average molecular weight is 320 g/mol. The normalized spacial score (nSPS) is 12.8. The summed E-state index contributed by atoms with van der Waals surface area (Å²) in [6, 6.07) is 3.21. The van der Waals surface area contributed by atoms with E-state index in [1.54, 1.807) is 46.1 Å². The third-order valence-corrected chi connectivity index (χ3v) is 3.16. The van der Waals surface area contributed by atoms with Crippen LogP contribution in [0, 0.1) is 5.82 Å². The van der Waals surface area contributed by atoms with E-state index in [1.807, 2.05) is 6.92 Å². The number of nitrogens with one attached hydrogen (secondary N) is 1. The number of carbonyl (C=O) groups is 1. The molecule has 0 aromatic carbocycles. The summed E-state index contributed by atoms with van der Waals surface area (Å²) in [5.41, 5.74) is 1.05. The number of alkyl carbamates (subject to hydrolysis) is 1. The van der Waals surface area contributed by atoms with E-state index in [9.17, 15) is 9.18 Å². The van der Waals surface area contributed by atoms with Gasteiger partial charge in [0, 0.05) is 13.2 Å². The Hall–Kier alpha value is -2.44. The van der Waals surface area contributed by atoms with Crippen LogP contribution in [-0.4, -0.2) is 26.5 Å². The molecule has 2 rings (SSSR count). The van der Waals surface area contributed by atoms with Crippen molar-refractivity contribution in [1.29, 1.82) is 0 Å². The van der Waals surface area contributed by atoms with Crippen LogP contribution in [0.5, 0.6) is 0 Å². The fourth-order valence-electron chi connectivity index (χ4n) is 2.07. The predicted molar refractivity (Wildman–Crippen MR) is 84.2 cm³/mol. The first-order chi connectivity index (χ1) is 10.7. The second kappa shape index (κ2) is 6.36. The molecule has 7 heteroatoms. The van der Waals surface area contributed by atoms with Crippen LogP contribution in [0.1, 0.15) is 39.3 Å². The lowest BCUT2D eigenvalue weighted by molar-refractivity contribution is 0.0508. The number of aromatic nitrogens is 3. The van der Waals surface area contributed by atoms with Gasteiger partial charge in [0.15, 0.2) is 5.82 Å². The highest BCUT2D eigenvalue weighted by Crippen LogP contribution is 2.21. The monoisotopic (exact) mass is 320 g/mol. The fourth-order valence-corrected chi connectivity index (χ4v) is 2.07. The predicted octanol–water partition coefficient (Wildman–Crippen LogP) is 3.21. The molecule has 6 nitrogen and oxygen atoms in total. The van der Waals surface area contributed by atoms with Gasteiger partial charge in [-0.1, -0.05) is 6.07 Å². The lowest BCUT2D eigenvalue weighted by atomic mass is 10.1. The lowest BCUT2D eigenvalue weighted by Crippen LogP contribution is -2.34. The molecule has 0 fully saturated rings.